The Morgan fingerprint density at radius 1 is 1.12 bits per heavy atom. The molecule has 0 unspecified atom stereocenters. The molecule has 1 aliphatic heterocycles. The van der Waals surface area contributed by atoms with Crippen LogP contribution in [0.5, 0.6) is 0 Å². The van der Waals surface area contributed by atoms with Crippen LogP contribution in [0.15, 0.2) is 42.5 Å². The molecule has 1 fully saturated rings. The lowest BCUT2D eigenvalue weighted by atomic mass is 9.68. The van der Waals surface area contributed by atoms with Crippen LogP contribution < -0.4 is 10.6 Å². The third-order valence-corrected chi connectivity index (χ3v) is 6.87. The number of carbonyl (C=O) groups excluding carboxylic acids is 3. The molecule has 2 aliphatic rings. The lowest BCUT2D eigenvalue weighted by Gasteiger charge is -2.34. The number of benzene rings is 1. The summed E-state index contributed by atoms with van der Waals surface area (Å²) in [6.45, 7) is 4.08. The number of nitrogens with one attached hydrogen (secondary N) is 2. The number of nitrogens with zero attached hydrogens (tertiary/aromatic N) is 1. The van der Waals surface area contributed by atoms with Crippen molar-refractivity contribution >= 4 is 17.7 Å². The molecule has 1 heterocycles. The van der Waals surface area contributed by atoms with Crippen LogP contribution in [0.25, 0.3) is 0 Å². The van der Waals surface area contributed by atoms with Gasteiger partial charge in [-0.1, -0.05) is 62.8 Å². The summed E-state index contributed by atoms with van der Waals surface area (Å²) < 4.78 is 0. The van der Waals surface area contributed by atoms with Crippen molar-refractivity contribution in [3.63, 3.8) is 0 Å². The van der Waals surface area contributed by atoms with Crippen molar-refractivity contribution in [2.24, 2.45) is 23.7 Å². The Morgan fingerprint density at radius 3 is 2.44 bits per heavy atom. The van der Waals surface area contributed by atoms with Gasteiger partial charge in [0.15, 0.2) is 0 Å². The van der Waals surface area contributed by atoms with E-state index in [0.29, 0.717) is 13.0 Å². The Labute approximate surface area is 190 Å². The van der Waals surface area contributed by atoms with E-state index in [1.165, 1.54) is 0 Å². The summed E-state index contributed by atoms with van der Waals surface area (Å²) in [6.07, 6.45) is 6.19. The fourth-order valence-electron chi connectivity index (χ4n) is 5.28. The molecule has 32 heavy (non-hydrogen) atoms. The van der Waals surface area contributed by atoms with Gasteiger partial charge in [0.05, 0.1) is 24.5 Å². The highest BCUT2D eigenvalue weighted by Gasteiger charge is 2.58. The van der Waals surface area contributed by atoms with Gasteiger partial charge >= 0.3 is 0 Å². The van der Waals surface area contributed by atoms with Gasteiger partial charge in [0.2, 0.25) is 17.7 Å². The predicted octanol–water partition coefficient (Wildman–Crippen LogP) is 1.87. The summed E-state index contributed by atoms with van der Waals surface area (Å²) in [7, 11) is 1.59. The van der Waals surface area contributed by atoms with E-state index in [1.807, 2.05) is 49.4 Å². The molecule has 174 valence electrons. The minimum Gasteiger partial charge on any atom is -0.394 e. The van der Waals surface area contributed by atoms with E-state index in [4.69, 9.17) is 0 Å². The third kappa shape index (κ3) is 4.58. The Bertz CT molecular complexity index is 837. The summed E-state index contributed by atoms with van der Waals surface area (Å²) in [4.78, 5) is 41.5. The minimum atomic E-state index is -0.751. The standard InChI is InChI=1S/C25H35N3O4/c1-4-9-17-12-13-19-21(20(17)23(30)26-3)25(32)28(18(5-2)15-29)22(19)24(31)27-14-16-10-7-6-8-11-16/h6-8,10-13,17-22,29H,4-5,9,14-15H2,1-3H3,(H,26,30)(H,27,31)/t17-,18+,19+,20-,21-,22+/m1/s1. The molecule has 0 saturated carbocycles. The molecule has 0 spiro atoms. The predicted molar refractivity (Wildman–Crippen MR) is 122 cm³/mol. The second-order valence-electron chi connectivity index (χ2n) is 8.72. The van der Waals surface area contributed by atoms with Crippen molar-refractivity contribution in [1.29, 1.82) is 0 Å². The first-order valence-corrected chi connectivity index (χ1v) is 11.6. The first kappa shape index (κ1) is 24.0. The lowest BCUT2D eigenvalue weighted by molar-refractivity contribution is -0.143. The molecule has 3 rings (SSSR count). The van der Waals surface area contributed by atoms with E-state index in [2.05, 4.69) is 17.6 Å². The van der Waals surface area contributed by atoms with Gasteiger partial charge in [0.1, 0.15) is 6.04 Å². The van der Waals surface area contributed by atoms with E-state index in [1.54, 1.807) is 11.9 Å². The number of carbonyl (C=O) groups is 3. The fraction of sp³-hybridized carbons (Fsp3) is 0.560. The number of allylic oxidation sites excluding steroid dienone is 1. The zero-order valence-electron chi connectivity index (χ0n) is 19.2. The summed E-state index contributed by atoms with van der Waals surface area (Å²) >= 11 is 0. The molecule has 6 atom stereocenters. The number of fused-ring (bicyclic) bond motifs is 1. The summed E-state index contributed by atoms with van der Waals surface area (Å²) in [6, 6.07) is 8.38. The molecule has 1 aromatic carbocycles. The molecule has 7 nitrogen and oxygen atoms in total. The van der Waals surface area contributed by atoms with Gasteiger partial charge in [-0.3, -0.25) is 14.4 Å². The van der Waals surface area contributed by atoms with Crippen LogP contribution in [-0.4, -0.2) is 53.5 Å². The molecule has 1 aromatic rings. The number of hydrogen-bond acceptors (Lipinski definition) is 4. The second kappa shape index (κ2) is 10.8. The Kier molecular flexibility index (Phi) is 8.07. The number of aliphatic hydroxyl groups is 1. The molecule has 7 heteroatoms. The van der Waals surface area contributed by atoms with Gasteiger partial charge in [-0.25, -0.2) is 0 Å². The molecule has 0 bridgehead atoms. The van der Waals surface area contributed by atoms with E-state index in [0.717, 1.165) is 18.4 Å². The molecular formula is C25H35N3O4. The highest BCUT2D eigenvalue weighted by atomic mass is 16.3. The van der Waals surface area contributed by atoms with Crippen LogP contribution in [-0.2, 0) is 20.9 Å². The Hall–Kier alpha value is -2.67. The Morgan fingerprint density at radius 2 is 1.84 bits per heavy atom. The van der Waals surface area contributed by atoms with Crippen LogP contribution >= 0.6 is 0 Å². The average Bonchev–Trinajstić information content (AvgIpc) is 3.11. The largest absolute Gasteiger partial charge is 0.394 e. The van der Waals surface area contributed by atoms with Crippen molar-refractivity contribution in [2.75, 3.05) is 13.7 Å². The quantitative estimate of drug-likeness (QED) is 0.510. The third-order valence-electron chi connectivity index (χ3n) is 6.87. The average molecular weight is 442 g/mol. The van der Waals surface area contributed by atoms with Gasteiger partial charge in [0.25, 0.3) is 0 Å². The van der Waals surface area contributed by atoms with E-state index < -0.39 is 29.8 Å². The van der Waals surface area contributed by atoms with Crippen LogP contribution in [0.4, 0.5) is 0 Å². The molecule has 1 saturated heterocycles. The molecule has 0 radical (unpaired) electrons. The number of likely N-dealkylation sites (tertiary alicyclic amines) is 1. The van der Waals surface area contributed by atoms with Crippen LogP contribution in [0.1, 0.15) is 38.7 Å². The topological polar surface area (TPSA) is 98.7 Å². The summed E-state index contributed by atoms with van der Waals surface area (Å²) in [5.41, 5.74) is 0.966. The number of amides is 3. The lowest BCUT2D eigenvalue weighted by Crippen LogP contribution is -2.52. The van der Waals surface area contributed by atoms with Gasteiger partial charge in [-0.2, -0.15) is 0 Å². The van der Waals surface area contributed by atoms with E-state index >= 15 is 0 Å². The highest BCUT2D eigenvalue weighted by Crippen LogP contribution is 2.46. The SMILES string of the molecule is CCC[C@@H]1C=C[C@H]2[C@@H](C(=O)N([C@@H](CC)CO)[C@@H]2C(=O)NCc2ccccc2)[C@@H]1C(=O)NC. The summed E-state index contributed by atoms with van der Waals surface area (Å²) in [5.74, 6) is -2.22. The normalized spacial score (nSPS) is 27.7. The maximum Gasteiger partial charge on any atom is 0.243 e. The van der Waals surface area contributed by atoms with Gasteiger partial charge in [-0.05, 0) is 24.3 Å². The van der Waals surface area contributed by atoms with E-state index in [-0.39, 0.29) is 30.2 Å². The fourth-order valence-corrected chi connectivity index (χ4v) is 5.28. The maximum absolute atomic E-state index is 13.7. The molecule has 3 N–H and O–H groups in total. The van der Waals surface area contributed by atoms with Gasteiger partial charge in [-0.15, -0.1) is 0 Å². The van der Waals surface area contributed by atoms with Crippen molar-refractivity contribution in [3.05, 3.63) is 48.0 Å². The van der Waals surface area contributed by atoms with Crippen molar-refractivity contribution in [2.45, 2.75) is 51.7 Å². The highest BCUT2D eigenvalue weighted by molar-refractivity contribution is 5.97. The Balaban J connectivity index is 1.95. The molecule has 1 aliphatic carbocycles. The number of hydrogen-bond donors (Lipinski definition) is 3. The summed E-state index contributed by atoms with van der Waals surface area (Å²) in [5, 5.41) is 15.7. The van der Waals surface area contributed by atoms with Crippen molar-refractivity contribution < 1.29 is 19.5 Å². The van der Waals surface area contributed by atoms with Gasteiger partial charge in [0, 0.05) is 19.5 Å². The van der Waals surface area contributed by atoms with Crippen molar-refractivity contribution in [1.82, 2.24) is 15.5 Å². The monoisotopic (exact) mass is 441 g/mol. The zero-order chi connectivity index (χ0) is 23.3. The van der Waals surface area contributed by atoms with Crippen LogP contribution in [0.2, 0.25) is 0 Å². The molecule has 0 aromatic heterocycles. The smallest absolute Gasteiger partial charge is 0.243 e. The van der Waals surface area contributed by atoms with E-state index in [9.17, 15) is 19.5 Å². The minimum absolute atomic E-state index is 0.0488. The number of aliphatic hydroxyl groups excluding tert-OH is 1. The van der Waals surface area contributed by atoms with Crippen LogP contribution in [0.3, 0.4) is 0 Å². The van der Waals surface area contributed by atoms with Crippen molar-refractivity contribution in [3.8, 4) is 0 Å². The van der Waals surface area contributed by atoms with Crippen LogP contribution in [0, 0.1) is 23.7 Å². The molecular weight excluding hydrogens is 406 g/mol. The maximum atomic E-state index is 13.7. The number of rotatable bonds is 9. The van der Waals surface area contributed by atoms with Gasteiger partial charge < -0.3 is 20.6 Å². The zero-order valence-corrected chi connectivity index (χ0v) is 19.2. The first-order chi connectivity index (χ1) is 15.5. The first-order valence-electron chi connectivity index (χ1n) is 11.6. The second-order valence-corrected chi connectivity index (χ2v) is 8.72. The molecule has 3 amide bonds.